The van der Waals surface area contributed by atoms with Gasteiger partial charge in [-0.2, -0.15) is 0 Å². The van der Waals surface area contributed by atoms with Gasteiger partial charge in [0.2, 0.25) is 0 Å². The summed E-state index contributed by atoms with van der Waals surface area (Å²) in [6.45, 7) is 80.9. The molecule has 0 saturated heterocycles. The van der Waals surface area contributed by atoms with E-state index in [1.165, 1.54) is 298 Å². The van der Waals surface area contributed by atoms with E-state index in [1.54, 1.807) is 0 Å². The Kier molecular flexibility index (Phi) is 83.3. The van der Waals surface area contributed by atoms with Crippen LogP contribution in [0.4, 0.5) is 0 Å². The van der Waals surface area contributed by atoms with Crippen LogP contribution in [0.2, 0.25) is 0 Å². The maximum Gasteiger partial charge on any atom is 0.0827 e. The molecule has 8 rings (SSSR count). The number of aryl methyl sites for hydroxylation is 15. The van der Waals surface area contributed by atoms with Crippen LogP contribution in [0, 0.1) is 94.7 Å². The standard InChI is InChI=1S/5C16H31N3.3C14H27N3/c1-14(2)9-5-6-11-16-13-17-18-19(16)12-8-7-10-15(3)4;2*1-14(2)9-6-5-7-11-16-13-17-18-19(16)12-8-10-15(3)4;2*1-14(2)9-7-5-6-8-10-16-13-17-18-19(16)12-11-15(3)4;1-12(2)7-5-9-14-11-17(16-15-14)10-6-8-13(3)4;1-12(2)7-5-6-8-14-11-17(16-15-14)10-9-13(3)4;1-12(2)8-6-5-7-9-14-11-17(16-15-14)10-13(3)4/h5*13-15H,5-12H2,1-4H3;3*11-13H,5-10H2,1-4H3. The third-order valence-corrected chi connectivity index (χ3v) is 26.7. The highest BCUT2D eigenvalue weighted by Gasteiger charge is 2.15. The van der Waals surface area contributed by atoms with Gasteiger partial charge < -0.3 is 0 Å². The molecular formula is C122H236N24. The monoisotopic (exact) mass is 2040 g/mol. The average Bonchev–Trinajstić information content (AvgIpc) is 1.77. The van der Waals surface area contributed by atoms with Crippen molar-refractivity contribution in [1.82, 2.24) is 120 Å². The minimum absolute atomic E-state index is 0.635. The van der Waals surface area contributed by atoms with Crippen LogP contribution in [0.15, 0.2) is 49.6 Å². The Hall–Kier alpha value is -6.88. The maximum absolute atomic E-state index is 4.22. The van der Waals surface area contributed by atoms with Crippen LogP contribution in [0.3, 0.4) is 0 Å². The number of hydrogen-bond acceptors (Lipinski definition) is 16. The largest absolute Gasteiger partial charge is 0.252 e. The molecule has 0 aliphatic rings. The lowest BCUT2D eigenvalue weighted by Crippen LogP contribution is -2.07. The fraction of sp³-hybridized carbons (Fsp3) is 0.869. The van der Waals surface area contributed by atoms with Gasteiger partial charge >= 0.3 is 0 Å². The minimum Gasteiger partial charge on any atom is -0.252 e. The van der Waals surface area contributed by atoms with Gasteiger partial charge in [-0.25, -0.2) is 23.4 Å². The number of unbranched alkanes of at least 4 members (excludes halogenated alkanes) is 15. The third-order valence-electron chi connectivity index (χ3n) is 26.7. The van der Waals surface area contributed by atoms with E-state index in [4.69, 9.17) is 0 Å². The molecule has 146 heavy (non-hydrogen) atoms. The summed E-state index contributed by atoms with van der Waals surface area (Å²) >= 11 is 0. The van der Waals surface area contributed by atoms with Crippen molar-refractivity contribution in [2.24, 2.45) is 94.7 Å². The van der Waals surface area contributed by atoms with Crippen LogP contribution >= 0.6 is 0 Å². The predicted octanol–water partition coefficient (Wildman–Crippen LogP) is 33.4. The minimum atomic E-state index is 0.635. The lowest BCUT2D eigenvalue weighted by molar-refractivity contribution is 0.462. The van der Waals surface area contributed by atoms with E-state index in [-0.39, 0.29) is 0 Å². The van der Waals surface area contributed by atoms with Crippen molar-refractivity contribution < 1.29 is 0 Å². The molecule has 0 spiro atoms. The van der Waals surface area contributed by atoms with Crippen molar-refractivity contribution in [3.63, 3.8) is 0 Å². The fourth-order valence-corrected chi connectivity index (χ4v) is 17.2. The fourth-order valence-electron chi connectivity index (χ4n) is 17.2. The second-order valence-electron chi connectivity index (χ2n) is 49.8. The van der Waals surface area contributed by atoms with Crippen LogP contribution in [0.5, 0.6) is 0 Å². The Balaban J connectivity index is 0.000000835. The van der Waals surface area contributed by atoms with Gasteiger partial charge in [0, 0.05) is 70.9 Å². The van der Waals surface area contributed by atoms with Crippen LogP contribution in [0.25, 0.3) is 0 Å². The van der Waals surface area contributed by atoms with Gasteiger partial charge in [0.05, 0.1) is 76.5 Å². The van der Waals surface area contributed by atoms with Crippen molar-refractivity contribution in [3.8, 4) is 0 Å². The van der Waals surface area contributed by atoms with Crippen molar-refractivity contribution >= 4 is 0 Å². The highest BCUT2D eigenvalue weighted by molar-refractivity contribution is 4.99. The van der Waals surface area contributed by atoms with Crippen molar-refractivity contribution in [3.05, 3.63) is 95.1 Å². The van der Waals surface area contributed by atoms with Crippen molar-refractivity contribution in [1.29, 1.82) is 0 Å². The van der Waals surface area contributed by atoms with Crippen molar-refractivity contribution in [2.45, 2.75) is 595 Å². The lowest BCUT2D eigenvalue weighted by Gasteiger charge is -2.08. The molecule has 0 bridgehead atoms. The van der Waals surface area contributed by atoms with E-state index in [2.05, 4.69) is 346 Å². The summed E-state index contributed by atoms with van der Waals surface area (Å²) in [5, 5.41) is 66.5. The first-order chi connectivity index (χ1) is 69.7. The van der Waals surface area contributed by atoms with Gasteiger partial charge in [0.15, 0.2) is 0 Å². The van der Waals surface area contributed by atoms with E-state index in [9.17, 15) is 0 Å². The number of rotatable bonds is 74. The molecule has 0 aliphatic carbocycles. The summed E-state index contributed by atoms with van der Waals surface area (Å²) in [4.78, 5) is 0. The Morgan fingerprint density at radius 3 is 0.644 bits per heavy atom. The molecule has 0 unspecified atom stereocenters. The zero-order chi connectivity index (χ0) is 108. The van der Waals surface area contributed by atoms with E-state index < -0.39 is 0 Å². The van der Waals surface area contributed by atoms with Gasteiger partial charge in [0.1, 0.15) is 0 Å². The number of hydrogen-bond donors (Lipinski definition) is 0. The summed E-state index contributed by atoms with van der Waals surface area (Å²) in [7, 11) is 0. The van der Waals surface area contributed by atoms with Crippen LogP contribution < -0.4 is 0 Å². The molecule has 0 fully saturated rings. The normalized spacial score (nSPS) is 11.7. The topological polar surface area (TPSA) is 246 Å². The Morgan fingerprint density at radius 1 is 0.158 bits per heavy atom. The van der Waals surface area contributed by atoms with Gasteiger partial charge in [-0.1, -0.05) is 417 Å². The number of aromatic nitrogens is 24. The van der Waals surface area contributed by atoms with Crippen molar-refractivity contribution in [2.75, 3.05) is 0 Å². The van der Waals surface area contributed by atoms with Crippen LogP contribution in [-0.2, 0) is 104 Å². The van der Waals surface area contributed by atoms with Gasteiger partial charge in [0.25, 0.3) is 0 Å². The molecular weight excluding hydrogens is 1800 g/mol. The molecule has 0 atom stereocenters. The summed E-state index contributed by atoms with van der Waals surface area (Å²) in [5.41, 5.74) is 10.0. The van der Waals surface area contributed by atoms with Gasteiger partial charge in [-0.3, -0.25) is 14.0 Å². The first-order valence-electron chi connectivity index (χ1n) is 60.7. The molecule has 8 aromatic rings. The van der Waals surface area contributed by atoms with Crippen LogP contribution in [0.1, 0.15) is 537 Å². The quantitative estimate of drug-likeness (QED) is 0.0322. The van der Waals surface area contributed by atoms with E-state index in [1.807, 2.05) is 45.0 Å². The second-order valence-corrected chi connectivity index (χ2v) is 49.8. The summed E-state index contributed by atoms with van der Waals surface area (Å²) in [6, 6.07) is 0. The zero-order valence-corrected chi connectivity index (χ0v) is 102. The SMILES string of the molecule is CC(C)CCCCCCc1cnnn1CCC(C)C.CC(C)CCCCCCc1cnnn1CCC(C)C.CC(C)CCCCCc1cn(CC(C)C)nn1.CC(C)CCCCCc1cnnn1CCCC(C)C.CC(C)CCCCCc1cnnn1CCCC(C)C.CC(C)CCCCc1cn(CCC(C)C)nn1.CC(C)CCCCc1cnnn1CCCCC(C)C.CC(C)CCCc1cn(CCCC(C)C)nn1. The first kappa shape index (κ1) is 137. The molecule has 0 N–H and O–H groups in total. The third kappa shape index (κ3) is 81.9. The summed E-state index contributed by atoms with van der Waals surface area (Å²) in [6.07, 6.45) is 79.3. The van der Waals surface area contributed by atoms with Crippen LogP contribution in [-0.4, -0.2) is 120 Å². The average molecular weight is 2040 g/mol. The second kappa shape index (κ2) is 88.7. The molecule has 0 saturated carbocycles. The van der Waals surface area contributed by atoms with Gasteiger partial charge in [-0.15, -0.1) is 40.8 Å². The molecule has 24 heteroatoms. The Morgan fingerprint density at radius 2 is 0.349 bits per heavy atom. The lowest BCUT2D eigenvalue weighted by atomic mass is 10.0. The Labute approximate surface area is 899 Å². The summed E-state index contributed by atoms with van der Waals surface area (Å²) in [5.74, 6) is 12.6. The highest BCUT2D eigenvalue weighted by Crippen LogP contribution is 2.22. The molecule has 8 aromatic heterocycles. The highest BCUT2D eigenvalue weighted by atomic mass is 15.5. The smallest absolute Gasteiger partial charge is 0.0827 e. The molecule has 0 radical (unpaired) electrons. The molecule has 0 aromatic carbocycles. The molecule has 8 heterocycles. The molecule has 24 nitrogen and oxygen atoms in total. The first-order valence-corrected chi connectivity index (χ1v) is 60.7. The zero-order valence-electron chi connectivity index (χ0n) is 102. The van der Waals surface area contributed by atoms with Gasteiger partial charge in [-0.05, 0) is 262 Å². The molecule has 0 aliphatic heterocycles. The molecule has 0 amide bonds. The Bertz CT molecular complexity index is 3910. The molecule has 844 valence electrons. The van der Waals surface area contributed by atoms with E-state index in [0.29, 0.717) is 5.92 Å². The van der Waals surface area contributed by atoms with E-state index >= 15 is 0 Å². The summed E-state index contributed by atoms with van der Waals surface area (Å²) < 4.78 is 16.4. The number of nitrogens with zero attached hydrogens (tertiary/aromatic N) is 24. The predicted molar refractivity (Wildman–Crippen MR) is 621 cm³/mol. The van der Waals surface area contributed by atoms with E-state index in [0.717, 1.165) is 210 Å². The maximum atomic E-state index is 4.22.